The van der Waals surface area contributed by atoms with Gasteiger partial charge in [-0.3, -0.25) is 0 Å². The fraction of sp³-hybridized carbons (Fsp3) is 0.364. The van der Waals surface area contributed by atoms with E-state index in [1.807, 2.05) is 12.1 Å². The van der Waals surface area contributed by atoms with Crippen molar-refractivity contribution in [3.63, 3.8) is 0 Å². The van der Waals surface area contributed by atoms with Gasteiger partial charge in [0, 0.05) is 16.5 Å². The number of halogens is 1. The summed E-state index contributed by atoms with van der Waals surface area (Å²) in [6.45, 7) is 7.23. The molecule has 0 aromatic heterocycles. The van der Waals surface area contributed by atoms with Crippen molar-refractivity contribution in [2.75, 3.05) is 20.8 Å². The lowest BCUT2D eigenvalue weighted by Gasteiger charge is -2.11. The smallest absolute Gasteiger partial charge is 0.218 e. The van der Waals surface area contributed by atoms with Gasteiger partial charge in [0.1, 0.15) is 0 Å². The molecule has 0 heterocycles. The Bertz CT molecular complexity index is 385. The minimum absolute atomic E-state index is 0.454. The topological polar surface area (TPSA) is 22.8 Å². The van der Waals surface area contributed by atoms with Crippen molar-refractivity contribution >= 4 is 15.9 Å². The molecule has 0 aliphatic carbocycles. The average molecular weight is 270 g/mol. The van der Waals surface area contributed by atoms with Crippen molar-refractivity contribution in [3.05, 3.63) is 33.6 Å². The largest absolute Gasteiger partial charge is 0.493 e. The van der Waals surface area contributed by atoms with Crippen molar-refractivity contribution in [2.24, 2.45) is 0 Å². The van der Waals surface area contributed by atoms with E-state index >= 15 is 0 Å². The van der Waals surface area contributed by atoms with Crippen LogP contribution in [0.3, 0.4) is 0 Å². The lowest BCUT2D eigenvalue weighted by Crippen LogP contribution is -1.97. The second kappa shape index (κ2) is 5.62. The number of hydrogen-bond donors (Lipinski definition) is 0. The number of methoxy groups -OCH3 is 2. The van der Waals surface area contributed by atoms with Crippen LogP contribution in [-0.2, 0) is 6.42 Å². The highest BCUT2D eigenvalue weighted by atomic mass is 79.9. The molecule has 0 radical (unpaired) electrons. The molecule has 1 aromatic carbocycles. The summed E-state index contributed by atoms with van der Waals surface area (Å²) in [6, 6.07) is 3.80. The molecule has 1 aromatic rings. The van der Waals surface area contributed by atoms with Crippen LogP contribution >= 0.6 is 15.9 Å². The second-order valence-electron chi connectivity index (χ2n) is 2.93. The standard InChI is InChI=1S/C11H12BrNO2/c1-13-5-4-8-6-9(12)7-10(14-2)11(8)15-3/h6-7H,4-5H2,2-3H3. The van der Waals surface area contributed by atoms with E-state index in [2.05, 4.69) is 20.8 Å². The third-order valence-electron chi connectivity index (χ3n) is 2.01. The van der Waals surface area contributed by atoms with Crippen LogP contribution < -0.4 is 9.47 Å². The number of hydrogen-bond acceptors (Lipinski definition) is 2. The molecule has 1 rings (SSSR count). The van der Waals surface area contributed by atoms with Crippen LogP contribution in [0.1, 0.15) is 5.56 Å². The number of nitrogens with zero attached hydrogens (tertiary/aromatic N) is 1. The highest BCUT2D eigenvalue weighted by Crippen LogP contribution is 2.34. The van der Waals surface area contributed by atoms with Crippen LogP contribution in [0.5, 0.6) is 11.5 Å². The zero-order valence-electron chi connectivity index (χ0n) is 8.71. The molecule has 0 atom stereocenters. The van der Waals surface area contributed by atoms with Gasteiger partial charge in [0.15, 0.2) is 11.5 Å². The molecular weight excluding hydrogens is 258 g/mol. The van der Waals surface area contributed by atoms with Crippen molar-refractivity contribution in [1.29, 1.82) is 0 Å². The fourth-order valence-corrected chi connectivity index (χ4v) is 1.85. The van der Waals surface area contributed by atoms with Crippen LogP contribution in [0, 0.1) is 6.57 Å². The van der Waals surface area contributed by atoms with Crippen molar-refractivity contribution in [2.45, 2.75) is 6.42 Å². The van der Waals surface area contributed by atoms with E-state index in [1.165, 1.54) is 0 Å². The molecule has 15 heavy (non-hydrogen) atoms. The minimum Gasteiger partial charge on any atom is -0.493 e. The lowest BCUT2D eigenvalue weighted by molar-refractivity contribution is 0.351. The molecule has 80 valence electrons. The summed E-state index contributed by atoms with van der Waals surface area (Å²) in [5.41, 5.74) is 0.986. The van der Waals surface area contributed by atoms with E-state index in [1.54, 1.807) is 14.2 Å². The van der Waals surface area contributed by atoms with Gasteiger partial charge in [-0.05, 0) is 12.1 Å². The molecule has 0 saturated heterocycles. The quantitative estimate of drug-likeness (QED) is 0.785. The predicted octanol–water partition coefficient (Wildman–Crippen LogP) is 2.93. The van der Waals surface area contributed by atoms with E-state index in [-0.39, 0.29) is 0 Å². The molecule has 0 fully saturated rings. The van der Waals surface area contributed by atoms with Gasteiger partial charge in [0.25, 0.3) is 0 Å². The maximum Gasteiger partial charge on any atom is 0.218 e. The molecule has 0 saturated carbocycles. The first-order valence-corrected chi connectivity index (χ1v) is 5.25. The monoisotopic (exact) mass is 269 g/mol. The maximum absolute atomic E-state index is 6.77. The van der Waals surface area contributed by atoms with Crippen molar-refractivity contribution in [3.8, 4) is 11.5 Å². The van der Waals surface area contributed by atoms with Crippen molar-refractivity contribution in [1.82, 2.24) is 0 Å². The normalized spacial score (nSPS) is 9.47. The van der Waals surface area contributed by atoms with Crippen LogP contribution in [0.15, 0.2) is 16.6 Å². The zero-order valence-corrected chi connectivity index (χ0v) is 10.3. The average Bonchev–Trinajstić information content (AvgIpc) is 2.25. The van der Waals surface area contributed by atoms with Gasteiger partial charge in [0.05, 0.1) is 14.2 Å². The summed E-state index contributed by atoms with van der Waals surface area (Å²) in [5, 5.41) is 0. The molecule has 0 N–H and O–H groups in total. The number of rotatable bonds is 4. The second-order valence-corrected chi connectivity index (χ2v) is 3.85. The Morgan fingerprint density at radius 2 is 2.07 bits per heavy atom. The Labute approximate surface area is 98.0 Å². The maximum atomic E-state index is 6.77. The first-order valence-electron chi connectivity index (χ1n) is 4.46. The van der Waals surface area contributed by atoms with Gasteiger partial charge in [-0.15, -0.1) is 0 Å². The van der Waals surface area contributed by atoms with Crippen LogP contribution in [0.25, 0.3) is 4.85 Å². The molecule has 0 amide bonds. The molecule has 4 heteroatoms. The Morgan fingerprint density at radius 3 is 2.60 bits per heavy atom. The highest BCUT2D eigenvalue weighted by Gasteiger charge is 2.12. The van der Waals surface area contributed by atoms with Crippen LogP contribution in [-0.4, -0.2) is 20.8 Å². The minimum atomic E-state index is 0.454. The van der Waals surface area contributed by atoms with Gasteiger partial charge in [-0.1, -0.05) is 15.9 Å². The third kappa shape index (κ3) is 2.87. The summed E-state index contributed by atoms with van der Waals surface area (Å²) in [6.07, 6.45) is 0.669. The van der Waals surface area contributed by atoms with E-state index in [0.29, 0.717) is 24.5 Å². The molecule has 0 spiro atoms. The summed E-state index contributed by atoms with van der Waals surface area (Å²) in [7, 11) is 3.20. The summed E-state index contributed by atoms with van der Waals surface area (Å²) >= 11 is 3.40. The van der Waals surface area contributed by atoms with Gasteiger partial charge in [-0.2, -0.15) is 0 Å². The first kappa shape index (κ1) is 11.9. The summed E-state index contributed by atoms with van der Waals surface area (Å²) in [5.74, 6) is 1.40. The molecule has 3 nitrogen and oxygen atoms in total. The molecule has 0 aliphatic rings. The van der Waals surface area contributed by atoms with E-state index < -0.39 is 0 Å². The first-order chi connectivity index (χ1) is 7.22. The molecule has 0 aliphatic heterocycles. The Morgan fingerprint density at radius 1 is 1.33 bits per heavy atom. The van der Waals surface area contributed by atoms with Crippen LogP contribution in [0.4, 0.5) is 0 Å². The fourth-order valence-electron chi connectivity index (χ4n) is 1.37. The Hall–Kier alpha value is -1.21. The molecule has 0 bridgehead atoms. The predicted molar refractivity (Wildman–Crippen MR) is 62.4 cm³/mol. The summed E-state index contributed by atoms with van der Waals surface area (Å²) in [4.78, 5) is 3.33. The van der Waals surface area contributed by atoms with Gasteiger partial charge >= 0.3 is 0 Å². The number of ether oxygens (including phenoxy) is 2. The van der Waals surface area contributed by atoms with Gasteiger partial charge in [-0.25, -0.2) is 6.57 Å². The third-order valence-corrected chi connectivity index (χ3v) is 2.47. The number of benzene rings is 1. The van der Waals surface area contributed by atoms with E-state index in [0.717, 1.165) is 10.0 Å². The summed E-state index contributed by atoms with van der Waals surface area (Å²) < 4.78 is 11.4. The van der Waals surface area contributed by atoms with Crippen LogP contribution in [0.2, 0.25) is 0 Å². The zero-order chi connectivity index (χ0) is 11.3. The van der Waals surface area contributed by atoms with Gasteiger partial charge in [0.2, 0.25) is 6.54 Å². The van der Waals surface area contributed by atoms with E-state index in [4.69, 9.17) is 16.0 Å². The SMILES string of the molecule is [C-]#[N+]CCc1cc(Br)cc(OC)c1OC. The molecular formula is C11H12BrNO2. The molecule has 0 unspecified atom stereocenters. The Balaban J connectivity index is 3.11. The van der Waals surface area contributed by atoms with Crippen molar-refractivity contribution < 1.29 is 9.47 Å². The van der Waals surface area contributed by atoms with E-state index in [9.17, 15) is 0 Å². The Kier molecular flexibility index (Phi) is 4.44. The lowest BCUT2D eigenvalue weighted by atomic mass is 10.1. The highest BCUT2D eigenvalue weighted by molar-refractivity contribution is 9.10. The van der Waals surface area contributed by atoms with Gasteiger partial charge < -0.3 is 14.3 Å².